The second-order valence-electron chi connectivity index (χ2n) is 4.52. The molecule has 2 rings (SSSR count). The fourth-order valence-electron chi connectivity index (χ4n) is 2.13. The van der Waals surface area contributed by atoms with Crippen LogP contribution in [0.1, 0.15) is 18.4 Å². The van der Waals surface area contributed by atoms with E-state index in [4.69, 9.17) is 9.57 Å². The van der Waals surface area contributed by atoms with Crippen molar-refractivity contribution in [3.8, 4) is 0 Å². The first-order valence-corrected chi connectivity index (χ1v) is 6.57. The molecule has 1 aliphatic rings. The van der Waals surface area contributed by atoms with E-state index >= 15 is 0 Å². The van der Waals surface area contributed by atoms with Gasteiger partial charge in [-0.05, 0) is 30.5 Å². The van der Waals surface area contributed by atoms with Crippen molar-refractivity contribution < 1.29 is 9.57 Å². The molecule has 1 heterocycles. The first-order chi connectivity index (χ1) is 8.90. The first kappa shape index (κ1) is 13.3. The molecule has 0 spiro atoms. The summed E-state index contributed by atoms with van der Waals surface area (Å²) < 4.78 is 4.90. The lowest BCUT2D eigenvalue weighted by Gasteiger charge is -2.17. The fourth-order valence-corrected chi connectivity index (χ4v) is 2.13. The zero-order valence-corrected chi connectivity index (χ0v) is 11.0. The topological polar surface area (TPSA) is 33.7 Å². The molecule has 0 unspecified atom stereocenters. The van der Waals surface area contributed by atoms with Crippen molar-refractivity contribution in [3.05, 3.63) is 29.8 Å². The number of benzene rings is 1. The van der Waals surface area contributed by atoms with Crippen molar-refractivity contribution in [1.82, 2.24) is 5.48 Å². The van der Waals surface area contributed by atoms with Crippen LogP contribution in [0, 0.1) is 0 Å². The lowest BCUT2D eigenvalue weighted by molar-refractivity contribution is 0.00347. The van der Waals surface area contributed by atoms with Gasteiger partial charge in [0.25, 0.3) is 0 Å². The van der Waals surface area contributed by atoms with E-state index < -0.39 is 0 Å². The number of hydroxylamine groups is 1. The van der Waals surface area contributed by atoms with Gasteiger partial charge < -0.3 is 9.64 Å². The molecule has 0 radical (unpaired) electrons. The zero-order chi connectivity index (χ0) is 12.6. The Bertz CT molecular complexity index is 334. The molecule has 18 heavy (non-hydrogen) atoms. The smallest absolute Gasteiger partial charge is 0.0916 e. The predicted octanol–water partition coefficient (Wildman–Crippen LogP) is 1.95. The number of ether oxygens (including phenoxy) is 1. The summed E-state index contributed by atoms with van der Waals surface area (Å²) in [7, 11) is 1.67. The molecule has 0 bridgehead atoms. The van der Waals surface area contributed by atoms with E-state index in [1.165, 1.54) is 37.2 Å². The average Bonchev–Trinajstić information content (AvgIpc) is 2.93. The van der Waals surface area contributed by atoms with Crippen molar-refractivity contribution in [1.29, 1.82) is 0 Å². The van der Waals surface area contributed by atoms with Gasteiger partial charge in [0.15, 0.2) is 0 Å². The minimum Gasteiger partial charge on any atom is -0.382 e. The summed E-state index contributed by atoms with van der Waals surface area (Å²) in [5, 5.41) is 0. The van der Waals surface area contributed by atoms with Gasteiger partial charge in [0.1, 0.15) is 0 Å². The molecule has 0 saturated carbocycles. The van der Waals surface area contributed by atoms with Crippen LogP contribution in [-0.2, 0) is 16.1 Å². The number of hydrogen-bond donors (Lipinski definition) is 1. The van der Waals surface area contributed by atoms with Crippen molar-refractivity contribution in [2.45, 2.75) is 19.4 Å². The molecule has 1 aliphatic heterocycles. The molecule has 0 amide bonds. The van der Waals surface area contributed by atoms with Crippen LogP contribution in [0.4, 0.5) is 5.69 Å². The first-order valence-electron chi connectivity index (χ1n) is 6.57. The van der Waals surface area contributed by atoms with E-state index in [1.807, 2.05) is 0 Å². The Morgan fingerprint density at radius 2 is 1.83 bits per heavy atom. The Kier molecular flexibility index (Phi) is 5.45. The van der Waals surface area contributed by atoms with E-state index in [0.29, 0.717) is 13.2 Å². The third-order valence-corrected chi connectivity index (χ3v) is 3.18. The van der Waals surface area contributed by atoms with E-state index in [-0.39, 0.29) is 0 Å². The Morgan fingerprint density at radius 1 is 1.11 bits per heavy atom. The highest BCUT2D eigenvalue weighted by Gasteiger charge is 2.11. The Hall–Kier alpha value is -1.10. The molecular weight excluding hydrogens is 228 g/mol. The van der Waals surface area contributed by atoms with E-state index in [1.54, 1.807) is 7.11 Å². The number of anilines is 1. The average molecular weight is 250 g/mol. The van der Waals surface area contributed by atoms with Gasteiger partial charge in [-0.15, -0.1) is 0 Å². The summed E-state index contributed by atoms with van der Waals surface area (Å²) in [6.07, 6.45) is 2.63. The van der Waals surface area contributed by atoms with Gasteiger partial charge in [0.2, 0.25) is 0 Å². The highest BCUT2D eigenvalue weighted by atomic mass is 16.7. The molecule has 1 N–H and O–H groups in total. The highest BCUT2D eigenvalue weighted by Crippen LogP contribution is 2.20. The summed E-state index contributed by atoms with van der Waals surface area (Å²) in [5.41, 5.74) is 5.49. The van der Waals surface area contributed by atoms with Crippen molar-refractivity contribution in [2.75, 3.05) is 38.3 Å². The largest absolute Gasteiger partial charge is 0.382 e. The molecule has 100 valence electrons. The summed E-state index contributed by atoms with van der Waals surface area (Å²) >= 11 is 0. The van der Waals surface area contributed by atoms with Gasteiger partial charge in [0.05, 0.1) is 13.2 Å². The summed E-state index contributed by atoms with van der Waals surface area (Å²) in [6, 6.07) is 8.69. The van der Waals surface area contributed by atoms with Gasteiger partial charge in [-0.2, -0.15) is 5.48 Å². The zero-order valence-electron chi connectivity index (χ0n) is 11.0. The van der Waals surface area contributed by atoms with Gasteiger partial charge in [-0.1, -0.05) is 12.1 Å². The maximum absolute atomic E-state index is 5.22. The molecule has 1 aromatic carbocycles. The lowest BCUT2D eigenvalue weighted by Crippen LogP contribution is -2.18. The van der Waals surface area contributed by atoms with Crippen LogP contribution in [0.25, 0.3) is 0 Å². The van der Waals surface area contributed by atoms with Crippen LogP contribution in [0.3, 0.4) is 0 Å². The molecule has 0 aliphatic carbocycles. The Balaban J connectivity index is 1.73. The SMILES string of the molecule is COCCONCc1ccc(N2CCCC2)cc1. The van der Waals surface area contributed by atoms with Crippen LogP contribution in [-0.4, -0.2) is 33.4 Å². The van der Waals surface area contributed by atoms with E-state index in [9.17, 15) is 0 Å². The van der Waals surface area contributed by atoms with Crippen LogP contribution in [0.2, 0.25) is 0 Å². The number of nitrogens with zero attached hydrogens (tertiary/aromatic N) is 1. The molecule has 4 heteroatoms. The highest BCUT2D eigenvalue weighted by molar-refractivity contribution is 5.48. The maximum atomic E-state index is 5.22. The van der Waals surface area contributed by atoms with Gasteiger partial charge in [0, 0.05) is 32.4 Å². The predicted molar refractivity (Wildman–Crippen MR) is 72.6 cm³/mol. The Morgan fingerprint density at radius 3 is 2.50 bits per heavy atom. The normalized spacial score (nSPS) is 15.3. The fraction of sp³-hybridized carbons (Fsp3) is 0.571. The van der Waals surface area contributed by atoms with Crippen LogP contribution in [0.5, 0.6) is 0 Å². The molecular formula is C14H22N2O2. The van der Waals surface area contributed by atoms with Crippen molar-refractivity contribution >= 4 is 5.69 Å². The molecule has 1 saturated heterocycles. The number of hydrogen-bond acceptors (Lipinski definition) is 4. The second kappa shape index (κ2) is 7.36. The second-order valence-corrected chi connectivity index (χ2v) is 4.52. The van der Waals surface area contributed by atoms with Crippen LogP contribution < -0.4 is 10.4 Å². The van der Waals surface area contributed by atoms with Crippen LogP contribution >= 0.6 is 0 Å². The standard InChI is InChI=1S/C14H22N2O2/c1-17-10-11-18-15-12-13-4-6-14(7-5-13)16-8-2-3-9-16/h4-7,15H,2-3,8-12H2,1H3. The summed E-state index contributed by atoms with van der Waals surface area (Å²) in [6.45, 7) is 4.29. The van der Waals surface area contributed by atoms with E-state index in [2.05, 4.69) is 34.6 Å². The third-order valence-electron chi connectivity index (χ3n) is 3.18. The van der Waals surface area contributed by atoms with E-state index in [0.717, 1.165) is 6.54 Å². The van der Waals surface area contributed by atoms with Gasteiger partial charge >= 0.3 is 0 Å². The van der Waals surface area contributed by atoms with Gasteiger partial charge in [-0.3, -0.25) is 4.84 Å². The van der Waals surface area contributed by atoms with Crippen LogP contribution in [0.15, 0.2) is 24.3 Å². The molecule has 0 aromatic heterocycles. The maximum Gasteiger partial charge on any atom is 0.0916 e. The minimum atomic E-state index is 0.572. The number of nitrogens with one attached hydrogen (secondary N) is 1. The Labute approximate surface area is 109 Å². The lowest BCUT2D eigenvalue weighted by atomic mass is 10.2. The number of methoxy groups -OCH3 is 1. The molecule has 4 nitrogen and oxygen atoms in total. The van der Waals surface area contributed by atoms with Crippen molar-refractivity contribution in [2.24, 2.45) is 0 Å². The summed E-state index contributed by atoms with van der Waals surface area (Å²) in [4.78, 5) is 7.66. The molecule has 0 atom stereocenters. The summed E-state index contributed by atoms with van der Waals surface area (Å²) in [5.74, 6) is 0. The number of rotatable bonds is 7. The third kappa shape index (κ3) is 3.98. The molecule has 1 fully saturated rings. The minimum absolute atomic E-state index is 0.572. The molecule has 1 aromatic rings. The van der Waals surface area contributed by atoms with Gasteiger partial charge in [-0.25, -0.2) is 0 Å². The quantitative estimate of drug-likeness (QED) is 0.592. The monoisotopic (exact) mass is 250 g/mol. The van der Waals surface area contributed by atoms with Crippen molar-refractivity contribution in [3.63, 3.8) is 0 Å².